The van der Waals surface area contributed by atoms with Crippen LogP contribution in [-0.4, -0.2) is 17.4 Å². The van der Waals surface area contributed by atoms with Crippen molar-refractivity contribution in [3.8, 4) is 39.3 Å². The topological polar surface area (TPSA) is 33.3 Å². The molecule has 2 atom stereocenters. The second-order valence-electron chi connectivity index (χ2n) is 18.9. The second kappa shape index (κ2) is 13.9. The fourth-order valence-electron chi connectivity index (χ4n) is 12.1. The van der Waals surface area contributed by atoms with Crippen LogP contribution in [0, 0.1) is 6.92 Å². The maximum absolute atomic E-state index is 7.01. The highest BCUT2D eigenvalue weighted by atomic mass is 16.3. The number of aryl methyl sites for hydroxylation is 1. The van der Waals surface area contributed by atoms with Gasteiger partial charge in [0.2, 0.25) is 0 Å². The predicted molar refractivity (Wildman–Crippen MR) is 271 cm³/mol. The maximum Gasteiger partial charge on any atom is 0.198 e. The van der Waals surface area contributed by atoms with Gasteiger partial charge in [-0.1, -0.05) is 158 Å². The number of hydrogen-bond donors (Lipinski definition) is 1. The van der Waals surface area contributed by atoms with E-state index in [4.69, 9.17) is 4.42 Å². The third-order valence-corrected chi connectivity index (χ3v) is 15.4. The van der Waals surface area contributed by atoms with Gasteiger partial charge in [-0.2, -0.15) is 0 Å². The lowest BCUT2D eigenvalue weighted by Crippen LogP contribution is -2.54. The van der Waals surface area contributed by atoms with Crippen molar-refractivity contribution < 1.29 is 4.42 Å². The summed E-state index contributed by atoms with van der Waals surface area (Å²) < 4.78 is 9.62. The molecule has 0 amide bonds. The molecule has 1 fully saturated rings. The summed E-state index contributed by atoms with van der Waals surface area (Å²) in [6, 6.07) is 64.8. The molecule has 308 valence electrons. The molecule has 5 heteroatoms. The van der Waals surface area contributed by atoms with E-state index in [0.717, 1.165) is 58.5 Å². The van der Waals surface area contributed by atoms with Gasteiger partial charge in [0.05, 0.1) is 22.3 Å². The lowest BCUT2D eigenvalue weighted by atomic mass is 9.58. The Kier molecular flexibility index (Phi) is 8.10. The first-order valence-electron chi connectivity index (χ1n) is 23.0. The van der Waals surface area contributed by atoms with Crippen LogP contribution in [0.4, 0.5) is 22.7 Å². The molecule has 4 heterocycles. The van der Waals surface area contributed by atoms with E-state index in [2.05, 4.69) is 211 Å². The van der Waals surface area contributed by atoms with Crippen molar-refractivity contribution in [2.75, 3.05) is 10.2 Å². The fourth-order valence-corrected chi connectivity index (χ4v) is 12.1. The van der Waals surface area contributed by atoms with E-state index in [1.165, 1.54) is 91.3 Å². The predicted octanol–water partition coefficient (Wildman–Crippen LogP) is 14.0. The van der Waals surface area contributed by atoms with Crippen LogP contribution in [0.25, 0.3) is 72.0 Å². The summed E-state index contributed by atoms with van der Waals surface area (Å²) in [6.45, 7) is 7.25. The first-order valence-corrected chi connectivity index (χ1v) is 23.0. The van der Waals surface area contributed by atoms with E-state index in [-0.39, 0.29) is 11.0 Å². The molecule has 1 saturated carbocycles. The Bertz CT molecular complexity index is 3500. The van der Waals surface area contributed by atoms with Crippen molar-refractivity contribution in [1.29, 1.82) is 0 Å². The Labute approximate surface area is 375 Å². The van der Waals surface area contributed by atoms with Crippen LogP contribution in [0.5, 0.6) is 0 Å². The highest BCUT2D eigenvalue weighted by Crippen LogP contribution is 2.62. The van der Waals surface area contributed by atoms with Gasteiger partial charge in [-0.05, 0) is 97.4 Å². The largest absolute Gasteiger partial charge is 0.455 e. The van der Waals surface area contributed by atoms with Gasteiger partial charge >= 0.3 is 0 Å². The number of aromatic nitrogens is 1. The van der Waals surface area contributed by atoms with Gasteiger partial charge in [-0.3, -0.25) is 0 Å². The van der Waals surface area contributed by atoms with Crippen LogP contribution in [-0.2, 0) is 5.41 Å². The molecular formula is C59H48BN3O. The summed E-state index contributed by atoms with van der Waals surface area (Å²) >= 11 is 0. The number of anilines is 4. The van der Waals surface area contributed by atoms with Gasteiger partial charge in [-0.25, -0.2) is 0 Å². The molecule has 4 nitrogen and oxygen atoms in total. The zero-order chi connectivity index (χ0) is 42.7. The Morgan fingerprint density at radius 2 is 1.31 bits per heavy atom. The molecule has 1 aliphatic carbocycles. The van der Waals surface area contributed by atoms with Gasteiger partial charge in [0.1, 0.15) is 11.3 Å². The molecular weight excluding hydrogens is 777 g/mol. The van der Waals surface area contributed by atoms with Crippen LogP contribution < -0.4 is 21.1 Å². The SMILES string of the molecule is Cc1ccc(Nc2ccccc2-c2cc(N3c4ccccc4C4(C)CCCCC34C)c3c4ccccc4n4c3c2Bc2cc3oc(-c5ccccc5)c(-c5ccccc5)c3cc2-4)cc1. The third-order valence-electron chi connectivity index (χ3n) is 15.4. The van der Waals surface area contributed by atoms with Crippen LogP contribution >= 0.6 is 0 Å². The monoisotopic (exact) mass is 825 g/mol. The summed E-state index contributed by atoms with van der Waals surface area (Å²) in [6.07, 6.45) is 4.78. The number of para-hydroxylation sites is 3. The quantitative estimate of drug-likeness (QED) is 0.170. The normalized spacial score (nSPS) is 18.5. The number of rotatable bonds is 6. The van der Waals surface area contributed by atoms with Crippen LogP contribution in [0.3, 0.4) is 0 Å². The van der Waals surface area contributed by atoms with Crippen molar-refractivity contribution in [1.82, 2.24) is 4.57 Å². The van der Waals surface area contributed by atoms with Crippen molar-refractivity contribution in [3.63, 3.8) is 0 Å². The zero-order valence-corrected chi connectivity index (χ0v) is 36.6. The summed E-state index contributed by atoms with van der Waals surface area (Å²) in [5, 5.41) is 7.61. The maximum atomic E-state index is 7.01. The van der Waals surface area contributed by atoms with Crippen molar-refractivity contribution >= 4 is 73.7 Å². The van der Waals surface area contributed by atoms with E-state index in [0.29, 0.717) is 0 Å². The summed E-state index contributed by atoms with van der Waals surface area (Å²) in [4.78, 5) is 2.80. The second-order valence-corrected chi connectivity index (χ2v) is 18.9. The van der Waals surface area contributed by atoms with Gasteiger partial charge in [0.15, 0.2) is 7.28 Å². The Hall–Kier alpha value is -7.24. The zero-order valence-electron chi connectivity index (χ0n) is 36.6. The van der Waals surface area contributed by atoms with E-state index in [1.54, 1.807) is 0 Å². The van der Waals surface area contributed by atoms with Crippen LogP contribution in [0.15, 0.2) is 180 Å². The molecule has 0 radical (unpaired) electrons. The Morgan fingerprint density at radius 1 is 0.609 bits per heavy atom. The summed E-state index contributed by atoms with van der Waals surface area (Å²) in [5.74, 6) is 0.903. The molecule has 2 unspecified atom stereocenters. The molecule has 1 N–H and O–H groups in total. The van der Waals surface area contributed by atoms with Gasteiger partial charge in [0, 0.05) is 61.0 Å². The molecule has 10 aromatic rings. The number of fused-ring (bicyclic) bond motifs is 9. The first kappa shape index (κ1) is 37.3. The highest BCUT2D eigenvalue weighted by Gasteiger charge is 2.58. The molecule has 3 aliphatic rings. The summed E-state index contributed by atoms with van der Waals surface area (Å²) in [5.41, 5.74) is 20.5. The standard InChI is InChI=1S/C59H48BN3O/c1-37-28-30-40(31-29-37)61-47-25-13-10-22-41(47)43-34-51(63-49-27-15-12-24-45(49)58(2)32-16-17-33-59(58,63)3)54-42-23-11-14-26-48(42)62-50-35-44-52(36-46(50)60-55(43)56(54)62)64-57(39-20-8-5-9-21-39)53(44)38-18-6-4-7-19-38/h4-15,18-31,34-36,60-61H,16-17,32-33H2,1-3H3. The Balaban J connectivity index is 1.15. The van der Waals surface area contributed by atoms with Crippen LogP contribution in [0.1, 0.15) is 50.7 Å². The number of furan rings is 1. The average molecular weight is 826 g/mol. The van der Waals surface area contributed by atoms with Crippen molar-refractivity contribution in [2.45, 2.75) is 57.4 Å². The number of nitrogens with one attached hydrogen (secondary N) is 1. The summed E-state index contributed by atoms with van der Waals surface area (Å²) in [7, 11) is 0.764. The molecule has 13 rings (SSSR count). The molecule has 2 aromatic heterocycles. The molecule has 2 aliphatic heterocycles. The Morgan fingerprint density at radius 3 is 2.14 bits per heavy atom. The smallest absolute Gasteiger partial charge is 0.198 e. The first-order chi connectivity index (χ1) is 31.4. The molecule has 0 saturated heterocycles. The molecule has 0 bridgehead atoms. The number of benzene rings is 8. The molecule has 64 heavy (non-hydrogen) atoms. The van der Waals surface area contributed by atoms with E-state index >= 15 is 0 Å². The average Bonchev–Trinajstić information content (AvgIpc) is 3.95. The molecule has 0 spiro atoms. The lowest BCUT2D eigenvalue weighted by molar-refractivity contribution is 0.195. The highest BCUT2D eigenvalue weighted by molar-refractivity contribution is 6.74. The van der Waals surface area contributed by atoms with Gasteiger partial charge < -0.3 is 19.2 Å². The van der Waals surface area contributed by atoms with Crippen molar-refractivity contribution in [3.05, 3.63) is 187 Å². The van der Waals surface area contributed by atoms with Gasteiger partial charge in [0.25, 0.3) is 0 Å². The van der Waals surface area contributed by atoms with Gasteiger partial charge in [-0.15, -0.1) is 0 Å². The minimum atomic E-state index is -0.118. The third kappa shape index (κ3) is 5.24. The van der Waals surface area contributed by atoms with E-state index in [1.807, 2.05) is 0 Å². The minimum Gasteiger partial charge on any atom is -0.455 e. The van der Waals surface area contributed by atoms with E-state index < -0.39 is 0 Å². The number of nitrogens with zero attached hydrogens (tertiary/aromatic N) is 2. The number of hydrogen-bond acceptors (Lipinski definition) is 3. The van der Waals surface area contributed by atoms with E-state index in [9.17, 15) is 0 Å². The van der Waals surface area contributed by atoms with Crippen LogP contribution in [0.2, 0.25) is 0 Å². The minimum absolute atomic E-state index is 0.0110. The lowest BCUT2D eigenvalue weighted by Gasteiger charge is -2.50. The molecule has 8 aromatic carbocycles. The van der Waals surface area contributed by atoms with Crippen molar-refractivity contribution in [2.24, 2.45) is 0 Å². The fraction of sp³-hybridized carbons (Fsp3) is 0.153.